The van der Waals surface area contributed by atoms with Crippen molar-refractivity contribution in [3.8, 4) is 11.8 Å². The third-order valence-corrected chi connectivity index (χ3v) is 7.72. The van der Waals surface area contributed by atoms with Crippen molar-refractivity contribution in [1.82, 2.24) is 10.6 Å². The maximum Gasteiger partial charge on any atom is 0.450 e. The Balaban J connectivity index is 2.02. The molecule has 0 fully saturated rings. The van der Waals surface area contributed by atoms with Crippen LogP contribution >= 0.6 is 11.6 Å². The van der Waals surface area contributed by atoms with Gasteiger partial charge in [0, 0.05) is 29.3 Å². The fourth-order valence-electron chi connectivity index (χ4n) is 4.84. The lowest BCUT2D eigenvalue weighted by atomic mass is 9.84. The molecule has 0 radical (unpaired) electrons. The zero-order chi connectivity index (χ0) is 35.8. The molecule has 2 amide bonds. The van der Waals surface area contributed by atoms with E-state index in [0.717, 1.165) is 12.1 Å². The predicted octanol–water partition coefficient (Wildman–Crippen LogP) is 6.26. The minimum atomic E-state index is -5.23. The van der Waals surface area contributed by atoms with E-state index in [4.69, 9.17) is 16.3 Å². The molecule has 3 aromatic carbocycles. The van der Waals surface area contributed by atoms with Gasteiger partial charge in [0.05, 0.1) is 18.7 Å². The van der Waals surface area contributed by atoms with Crippen molar-refractivity contribution in [3.05, 3.63) is 100 Å². The Kier molecular flexibility index (Phi) is 12.4. The normalized spacial score (nSPS) is 13.5. The number of alkyl halides is 5. The molecule has 3 atom stereocenters. The number of ketones is 2. The van der Waals surface area contributed by atoms with E-state index in [1.807, 2.05) is 11.4 Å². The summed E-state index contributed by atoms with van der Waals surface area (Å²) in [6, 6.07) is 14.1. The third-order valence-electron chi connectivity index (χ3n) is 7.49. The number of hydrogen-bond acceptors (Lipinski definition) is 6. The highest BCUT2D eigenvalue weighted by molar-refractivity contribution is 6.30. The van der Waals surface area contributed by atoms with Gasteiger partial charge in [-0.15, -0.1) is 0 Å². The average Bonchev–Trinajstić information content (AvgIpc) is 3.04. The largest absolute Gasteiger partial charge is 0.497 e. The van der Waals surface area contributed by atoms with Gasteiger partial charge in [-0.05, 0) is 53.4 Å². The first kappa shape index (κ1) is 37.6. The number of halogens is 6. The molecule has 8 nitrogen and oxygen atoms in total. The van der Waals surface area contributed by atoms with E-state index in [0.29, 0.717) is 5.75 Å². The molecule has 3 rings (SSSR count). The number of rotatable bonds is 14. The van der Waals surface area contributed by atoms with Gasteiger partial charge in [-0.25, -0.2) is 0 Å². The van der Waals surface area contributed by atoms with Crippen molar-refractivity contribution in [1.29, 1.82) is 5.26 Å². The first-order valence-corrected chi connectivity index (χ1v) is 14.9. The number of methoxy groups -OCH3 is 1. The van der Waals surface area contributed by atoms with Crippen molar-refractivity contribution in [2.75, 3.05) is 7.11 Å². The highest BCUT2D eigenvalue weighted by atomic mass is 35.5. The maximum atomic E-state index is 15.3. The molecule has 0 saturated carbocycles. The highest BCUT2D eigenvalue weighted by Crippen LogP contribution is 2.32. The number of ether oxygens (including phenoxy) is 1. The molecule has 14 heteroatoms. The minimum absolute atomic E-state index is 0.0767. The van der Waals surface area contributed by atoms with Crippen LogP contribution in [0.3, 0.4) is 0 Å². The number of nitrogens with zero attached hydrogens (tertiary/aromatic N) is 1. The average molecular weight is 692 g/mol. The molecule has 0 aliphatic rings. The van der Waals surface area contributed by atoms with Crippen LogP contribution in [0.5, 0.6) is 5.75 Å². The smallest absolute Gasteiger partial charge is 0.450 e. The van der Waals surface area contributed by atoms with Crippen LogP contribution < -0.4 is 15.4 Å². The summed E-state index contributed by atoms with van der Waals surface area (Å²) in [5.74, 6) is -12.7. The Morgan fingerprint density at radius 2 is 1.56 bits per heavy atom. The standard InChI is InChI=1S/C34H31ClF5N3O5/c1-19(2)26(30(45)34(38,39)40)17-28(44)29(22-10-12-25(48-3)13-11-22)43-31(46)27(15-20-6-4-7-21(14-20)18-41)42-32(47)33(36,37)23-8-5-9-24(35)16-23/h4-14,16,19,26-27,29H,15,17H2,1-3H3,(H,42,47)(H,43,46)/t26-,27-,29-/m0/s1. The van der Waals surface area contributed by atoms with Crippen LogP contribution in [-0.2, 0) is 31.5 Å². The van der Waals surface area contributed by atoms with Crippen LogP contribution in [0, 0.1) is 23.2 Å². The number of benzene rings is 3. The van der Waals surface area contributed by atoms with Crippen LogP contribution in [-0.4, -0.2) is 42.7 Å². The fourth-order valence-corrected chi connectivity index (χ4v) is 5.03. The van der Waals surface area contributed by atoms with E-state index in [1.165, 1.54) is 81.6 Å². The van der Waals surface area contributed by atoms with Gasteiger partial charge in [0.25, 0.3) is 5.91 Å². The molecule has 48 heavy (non-hydrogen) atoms. The van der Waals surface area contributed by atoms with Crippen LogP contribution in [0.1, 0.15) is 48.6 Å². The molecule has 0 aliphatic carbocycles. The molecule has 0 aromatic heterocycles. The molecule has 0 heterocycles. The number of hydrogen-bond donors (Lipinski definition) is 2. The lowest BCUT2D eigenvalue weighted by Crippen LogP contribution is -2.53. The predicted molar refractivity (Wildman–Crippen MR) is 165 cm³/mol. The topological polar surface area (TPSA) is 125 Å². The van der Waals surface area contributed by atoms with E-state index < -0.39 is 77.8 Å². The second-order valence-corrected chi connectivity index (χ2v) is 11.7. The Morgan fingerprint density at radius 1 is 0.917 bits per heavy atom. The summed E-state index contributed by atoms with van der Waals surface area (Å²) in [6.45, 7) is 2.67. The SMILES string of the molecule is COc1ccc([C@H](NC(=O)[C@H](Cc2cccc(C#N)c2)NC(=O)C(F)(F)c2cccc(Cl)c2)C(=O)C[C@H](C(=O)C(F)(F)F)C(C)C)cc1. The van der Waals surface area contributed by atoms with Gasteiger partial charge in [-0.2, -0.15) is 27.2 Å². The lowest BCUT2D eigenvalue weighted by Gasteiger charge is -2.27. The zero-order valence-electron chi connectivity index (χ0n) is 25.9. The molecule has 3 aromatic rings. The van der Waals surface area contributed by atoms with E-state index in [1.54, 1.807) is 0 Å². The molecule has 0 aliphatic heterocycles. The van der Waals surface area contributed by atoms with E-state index >= 15 is 8.78 Å². The summed E-state index contributed by atoms with van der Waals surface area (Å²) < 4.78 is 75.8. The maximum absolute atomic E-state index is 15.3. The van der Waals surface area contributed by atoms with Gasteiger partial charge in [-0.1, -0.05) is 61.8 Å². The Morgan fingerprint density at radius 3 is 2.12 bits per heavy atom. The van der Waals surface area contributed by atoms with Gasteiger partial charge in [0.15, 0.2) is 5.78 Å². The molecular weight excluding hydrogens is 661 g/mol. The van der Waals surface area contributed by atoms with Gasteiger partial charge >= 0.3 is 12.1 Å². The van der Waals surface area contributed by atoms with Crippen molar-refractivity contribution in [3.63, 3.8) is 0 Å². The number of carbonyl (C=O) groups is 4. The monoisotopic (exact) mass is 691 g/mol. The van der Waals surface area contributed by atoms with Gasteiger partial charge in [0.2, 0.25) is 11.7 Å². The Bertz CT molecular complexity index is 1690. The summed E-state index contributed by atoms with van der Waals surface area (Å²) in [5, 5.41) is 13.6. The third kappa shape index (κ3) is 9.60. The van der Waals surface area contributed by atoms with Crippen molar-refractivity contribution in [2.45, 2.75) is 50.9 Å². The summed E-state index contributed by atoms with van der Waals surface area (Å²) in [6.07, 6.45) is -6.57. The zero-order valence-corrected chi connectivity index (χ0v) is 26.7. The molecule has 254 valence electrons. The first-order valence-electron chi connectivity index (χ1n) is 14.5. The summed E-state index contributed by atoms with van der Waals surface area (Å²) in [4.78, 5) is 52.6. The molecule has 0 bridgehead atoms. The first-order chi connectivity index (χ1) is 22.5. The number of nitrogens with one attached hydrogen (secondary N) is 2. The lowest BCUT2D eigenvalue weighted by molar-refractivity contribution is -0.177. The van der Waals surface area contributed by atoms with Gasteiger partial charge in [-0.3, -0.25) is 19.2 Å². The number of nitriles is 1. The second kappa shape index (κ2) is 15.8. The molecule has 0 spiro atoms. The van der Waals surface area contributed by atoms with Crippen LogP contribution in [0.2, 0.25) is 5.02 Å². The Hall–Kier alpha value is -4.83. The number of carbonyl (C=O) groups excluding carboxylic acids is 4. The number of Topliss-reactive ketones (excluding diaryl/α,β-unsaturated/α-hetero) is 2. The summed E-state index contributed by atoms with van der Waals surface area (Å²) in [7, 11) is 1.36. The van der Waals surface area contributed by atoms with Crippen molar-refractivity contribution < 1.29 is 45.9 Å². The summed E-state index contributed by atoms with van der Waals surface area (Å²) in [5.41, 5.74) is -0.235. The molecule has 2 N–H and O–H groups in total. The van der Waals surface area contributed by atoms with Crippen LogP contribution in [0.25, 0.3) is 0 Å². The quantitative estimate of drug-likeness (QED) is 0.192. The van der Waals surface area contributed by atoms with Crippen molar-refractivity contribution in [2.24, 2.45) is 11.8 Å². The molecule has 0 saturated heterocycles. The highest BCUT2D eigenvalue weighted by Gasteiger charge is 2.46. The van der Waals surface area contributed by atoms with E-state index in [2.05, 4.69) is 5.32 Å². The van der Waals surface area contributed by atoms with Crippen LogP contribution in [0.15, 0.2) is 72.8 Å². The molecule has 0 unspecified atom stereocenters. The van der Waals surface area contributed by atoms with Gasteiger partial charge < -0.3 is 15.4 Å². The summed E-state index contributed by atoms with van der Waals surface area (Å²) >= 11 is 5.83. The van der Waals surface area contributed by atoms with E-state index in [-0.39, 0.29) is 21.7 Å². The Labute approximate surface area is 278 Å². The molecular formula is C34H31ClF5N3O5. The second-order valence-electron chi connectivity index (χ2n) is 11.2. The fraction of sp³-hybridized carbons (Fsp3) is 0.324. The van der Waals surface area contributed by atoms with Gasteiger partial charge in [0.1, 0.15) is 17.8 Å². The van der Waals surface area contributed by atoms with Crippen LogP contribution in [0.4, 0.5) is 22.0 Å². The number of amides is 2. The van der Waals surface area contributed by atoms with E-state index in [9.17, 15) is 37.6 Å². The minimum Gasteiger partial charge on any atom is -0.497 e. The van der Waals surface area contributed by atoms with Crippen molar-refractivity contribution >= 4 is 35.0 Å².